The van der Waals surface area contributed by atoms with Crippen molar-refractivity contribution in [2.45, 2.75) is 13.0 Å². The third-order valence-electron chi connectivity index (χ3n) is 7.06. The van der Waals surface area contributed by atoms with Crippen LogP contribution in [0.3, 0.4) is 0 Å². The van der Waals surface area contributed by atoms with E-state index in [1.54, 1.807) is 6.33 Å². The van der Waals surface area contributed by atoms with Crippen molar-refractivity contribution in [3.8, 4) is 34.4 Å². The average molecular weight is 484 g/mol. The van der Waals surface area contributed by atoms with Crippen molar-refractivity contribution in [2.24, 2.45) is 5.92 Å². The Morgan fingerprint density at radius 1 is 1.14 bits per heavy atom. The van der Waals surface area contributed by atoms with E-state index in [1.165, 1.54) is 17.7 Å². The molecule has 0 spiro atoms. The summed E-state index contributed by atoms with van der Waals surface area (Å²) in [6, 6.07) is 18.4. The minimum absolute atomic E-state index is 0.626. The summed E-state index contributed by atoms with van der Waals surface area (Å²) in [5, 5.41) is 18.5. The molecule has 0 amide bonds. The molecule has 8 heteroatoms. The van der Waals surface area contributed by atoms with Gasteiger partial charge >= 0.3 is 0 Å². The highest BCUT2D eigenvalue weighted by atomic mass is 35.5. The van der Waals surface area contributed by atoms with E-state index in [9.17, 15) is 0 Å². The largest absolute Gasteiger partial charge is 0.371 e. The summed E-state index contributed by atoms with van der Waals surface area (Å²) < 4.78 is 4.17. The van der Waals surface area contributed by atoms with Gasteiger partial charge in [-0.25, -0.2) is 0 Å². The lowest BCUT2D eigenvalue weighted by Gasteiger charge is -2.22. The number of rotatable bonds is 4. The minimum Gasteiger partial charge on any atom is -0.371 e. The lowest BCUT2D eigenvalue weighted by atomic mass is 10.1. The van der Waals surface area contributed by atoms with E-state index < -0.39 is 0 Å². The van der Waals surface area contributed by atoms with Gasteiger partial charge in [0.05, 0.1) is 29.6 Å². The Labute approximate surface area is 209 Å². The molecule has 176 valence electrons. The summed E-state index contributed by atoms with van der Waals surface area (Å²) in [5.41, 5.74) is 6.96. The van der Waals surface area contributed by atoms with E-state index in [0.717, 1.165) is 48.0 Å². The highest BCUT2D eigenvalue weighted by molar-refractivity contribution is 6.32. The number of nitriles is 1. The van der Waals surface area contributed by atoms with Crippen LogP contribution in [0, 0.1) is 17.2 Å². The quantitative estimate of drug-likeness (QED) is 0.371. The van der Waals surface area contributed by atoms with Crippen molar-refractivity contribution in [1.29, 1.82) is 5.26 Å². The number of aromatic nitrogens is 4. The topological polar surface area (TPSA) is 65.9 Å². The predicted octanol–water partition coefficient (Wildman–Crippen LogP) is 4.68. The number of fused-ring (bicyclic) bond motifs is 5. The van der Waals surface area contributed by atoms with Crippen molar-refractivity contribution in [2.75, 3.05) is 38.6 Å². The molecule has 4 aromatic rings. The maximum absolute atomic E-state index is 9.15. The summed E-state index contributed by atoms with van der Waals surface area (Å²) in [6.45, 7) is 3.92. The molecule has 2 aliphatic rings. The predicted molar refractivity (Wildman–Crippen MR) is 138 cm³/mol. The van der Waals surface area contributed by atoms with Gasteiger partial charge in [-0.3, -0.25) is 4.57 Å². The highest BCUT2D eigenvalue weighted by Crippen LogP contribution is 2.40. The molecule has 7 nitrogen and oxygen atoms in total. The van der Waals surface area contributed by atoms with Crippen LogP contribution in [-0.2, 0) is 6.54 Å². The lowest BCUT2D eigenvalue weighted by molar-refractivity contribution is 0.340. The SMILES string of the molecule is CN(C)CC1CCN(c2ccc3c(c2)Cn2c(cc(-c4ccc(C#N)cc4)c2Cl)-c2nncn2-3)C1. The fourth-order valence-electron chi connectivity index (χ4n) is 5.41. The Morgan fingerprint density at radius 2 is 1.97 bits per heavy atom. The third kappa shape index (κ3) is 3.79. The van der Waals surface area contributed by atoms with Gasteiger partial charge in [0.25, 0.3) is 0 Å². The van der Waals surface area contributed by atoms with E-state index in [-0.39, 0.29) is 0 Å². The maximum atomic E-state index is 9.15. The lowest BCUT2D eigenvalue weighted by Crippen LogP contribution is -2.25. The number of benzene rings is 2. The fraction of sp³-hybridized carbons (Fsp3) is 0.296. The van der Waals surface area contributed by atoms with E-state index in [2.05, 4.69) is 73.6 Å². The minimum atomic E-state index is 0.626. The Bertz CT molecular complexity index is 1440. The zero-order valence-corrected chi connectivity index (χ0v) is 20.6. The first-order chi connectivity index (χ1) is 17.0. The molecule has 2 aromatic carbocycles. The molecular formula is C27H26ClN7. The molecule has 2 aromatic heterocycles. The smallest absolute Gasteiger partial charge is 0.185 e. The monoisotopic (exact) mass is 483 g/mol. The van der Waals surface area contributed by atoms with Crippen LogP contribution in [0.2, 0.25) is 5.15 Å². The molecule has 2 aliphatic heterocycles. The molecule has 6 rings (SSSR count). The van der Waals surface area contributed by atoms with Gasteiger partial charge in [0.15, 0.2) is 5.82 Å². The van der Waals surface area contributed by atoms with Crippen LogP contribution in [-0.4, -0.2) is 58.0 Å². The van der Waals surface area contributed by atoms with Crippen LogP contribution in [0.25, 0.3) is 28.3 Å². The van der Waals surface area contributed by atoms with Gasteiger partial charge in [-0.2, -0.15) is 5.26 Å². The second-order valence-corrected chi connectivity index (χ2v) is 10.1. The molecule has 0 radical (unpaired) electrons. The standard InChI is InChI=1S/C27H26ClN7/c1-32(2)14-19-9-10-33(15-19)22-7-8-24-21(11-22)16-34-25(27-31-30-17-35(24)27)12-23(26(34)28)20-5-3-18(13-29)4-6-20/h3-8,11-12,17,19H,9-10,14-16H2,1-2H3. The van der Waals surface area contributed by atoms with Gasteiger partial charge < -0.3 is 14.4 Å². The average Bonchev–Trinajstić information content (AvgIpc) is 3.57. The summed E-state index contributed by atoms with van der Waals surface area (Å²) in [6.07, 6.45) is 2.99. The van der Waals surface area contributed by atoms with Crippen molar-refractivity contribution in [1.82, 2.24) is 24.2 Å². The van der Waals surface area contributed by atoms with Crippen LogP contribution in [0.4, 0.5) is 5.69 Å². The number of anilines is 1. The van der Waals surface area contributed by atoms with Gasteiger partial charge in [0.1, 0.15) is 11.5 Å². The molecule has 1 unspecified atom stereocenters. The van der Waals surface area contributed by atoms with E-state index >= 15 is 0 Å². The van der Waals surface area contributed by atoms with Gasteiger partial charge in [-0.1, -0.05) is 23.7 Å². The molecule has 0 aliphatic carbocycles. The zero-order chi connectivity index (χ0) is 24.1. The molecule has 0 N–H and O–H groups in total. The van der Waals surface area contributed by atoms with Crippen molar-refractivity contribution in [3.05, 3.63) is 71.1 Å². The van der Waals surface area contributed by atoms with E-state index in [0.29, 0.717) is 23.2 Å². The first-order valence-corrected chi connectivity index (χ1v) is 12.2. The van der Waals surface area contributed by atoms with Crippen molar-refractivity contribution in [3.63, 3.8) is 0 Å². The summed E-state index contributed by atoms with van der Waals surface area (Å²) in [5.74, 6) is 1.46. The molecule has 1 fully saturated rings. The number of nitrogens with zero attached hydrogens (tertiary/aromatic N) is 7. The van der Waals surface area contributed by atoms with Crippen molar-refractivity contribution >= 4 is 17.3 Å². The Kier molecular flexibility index (Phi) is 5.36. The summed E-state index contributed by atoms with van der Waals surface area (Å²) >= 11 is 6.98. The number of hydrogen-bond acceptors (Lipinski definition) is 5. The normalized spacial score (nSPS) is 16.5. The number of halogens is 1. The second kappa shape index (κ2) is 8.56. The number of hydrogen-bond donors (Lipinski definition) is 0. The van der Waals surface area contributed by atoms with Gasteiger partial charge in [-0.05, 0) is 74.0 Å². The molecule has 0 bridgehead atoms. The Hall–Kier alpha value is -3.60. The molecule has 1 atom stereocenters. The van der Waals surface area contributed by atoms with E-state index in [4.69, 9.17) is 16.9 Å². The summed E-state index contributed by atoms with van der Waals surface area (Å²) in [7, 11) is 4.29. The molecule has 1 saturated heterocycles. The van der Waals surface area contributed by atoms with Gasteiger partial charge in [-0.15, -0.1) is 10.2 Å². The Morgan fingerprint density at radius 3 is 2.74 bits per heavy atom. The van der Waals surface area contributed by atoms with Crippen LogP contribution in [0.5, 0.6) is 0 Å². The van der Waals surface area contributed by atoms with Crippen LogP contribution >= 0.6 is 11.6 Å². The van der Waals surface area contributed by atoms with Crippen molar-refractivity contribution < 1.29 is 0 Å². The molecule has 0 saturated carbocycles. The first-order valence-electron chi connectivity index (χ1n) is 11.8. The van der Waals surface area contributed by atoms with Crippen LogP contribution < -0.4 is 4.90 Å². The maximum Gasteiger partial charge on any atom is 0.185 e. The highest BCUT2D eigenvalue weighted by Gasteiger charge is 2.27. The fourth-order valence-corrected chi connectivity index (χ4v) is 5.73. The Balaban J connectivity index is 1.40. The van der Waals surface area contributed by atoms with Crippen LogP contribution in [0.15, 0.2) is 54.9 Å². The van der Waals surface area contributed by atoms with Gasteiger partial charge in [0.2, 0.25) is 0 Å². The molecular weight excluding hydrogens is 458 g/mol. The third-order valence-corrected chi connectivity index (χ3v) is 7.47. The summed E-state index contributed by atoms with van der Waals surface area (Å²) in [4.78, 5) is 4.77. The van der Waals surface area contributed by atoms with E-state index in [1.807, 2.05) is 24.3 Å². The van der Waals surface area contributed by atoms with Crippen LogP contribution in [0.1, 0.15) is 17.5 Å². The molecule has 4 heterocycles. The van der Waals surface area contributed by atoms with Gasteiger partial charge in [0, 0.05) is 30.9 Å². The molecule has 35 heavy (non-hydrogen) atoms. The second-order valence-electron chi connectivity index (χ2n) is 9.71. The first kappa shape index (κ1) is 21.9. The zero-order valence-electron chi connectivity index (χ0n) is 19.8.